The molecule has 0 aromatic carbocycles. The Morgan fingerprint density at radius 3 is 2.77 bits per heavy atom. The molecule has 2 rings (SSSR count). The second kappa shape index (κ2) is 7.35. The van der Waals surface area contributed by atoms with E-state index in [1.165, 1.54) is 16.9 Å². The minimum absolute atomic E-state index is 0.0500. The van der Waals surface area contributed by atoms with Crippen LogP contribution in [0.5, 0.6) is 0 Å². The highest BCUT2D eigenvalue weighted by Crippen LogP contribution is 2.28. The summed E-state index contributed by atoms with van der Waals surface area (Å²) < 4.78 is 0. The summed E-state index contributed by atoms with van der Waals surface area (Å²) in [5.41, 5.74) is 6.89. The molecule has 0 saturated heterocycles. The number of carbonyl (C=O) groups excluding carboxylic acids is 1. The number of rotatable bonds is 6. The molecular formula is C16H22N4OS. The van der Waals surface area contributed by atoms with Crippen LogP contribution in [0.3, 0.4) is 0 Å². The molecular weight excluding hydrogens is 296 g/mol. The fraction of sp³-hybridized carbons (Fsp3) is 0.438. The van der Waals surface area contributed by atoms with Gasteiger partial charge in [0.15, 0.2) is 0 Å². The lowest BCUT2D eigenvalue weighted by atomic mass is 9.92. The number of aromatic nitrogens is 2. The van der Waals surface area contributed by atoms with Crippen LogP contribution < -0.4 is 5.73 Å². The first kappa shape index (κ1) is 16.4. The van der Waals surface area contributed by atoms with Gasteiger partial charge in [-0.15, -0.1) is 23.4 Å². The molecule has 0 aliphatic carbocycles. The Morgan fingerprint density at radius 2 is 2.18 bits per heavy atom. The lowest BCUT2D eigenvalue weighted by molar-refractivity contribution is -0.134. The largest absolute Gasteiger partial charge is 0.374 e. The van der Waals surface area contributed by atoms with Crippen LogP contribution in [-0.2, 0) is 11.2 Å². The van der Waals surface area contributed by atoms with Crippen LogP contribution in [0.1, 0.15) is 31.2 Å². The highest BCUT2D eigenvalue weighted by Gasteiger charge is 2.32. The summed E-state index contributed by atoms with van der Waals surface area (Å²) in [4.78, 5) is 14.7. The van der Waals surface area contributed by atoms with E-state index >= 15 is 0 Å². The lowest BCUT2D eigenvalue weighted by Gasteiger charge is -2.40. The van der Waals surface area contributed by atoms with Gasteiger partial charge >= 0.3 is 0 Å². The fourth-order valence-electron chi connectivity index (χ4n) is 2.91. The molecule has 22 heavy (non-hydrogen) atoms. The van der Waals surface area contributed by atoms with E-state index in [1.54, 1.807) is 0 Å². The van der Waals surface area contributed by atoms with Crippen molar-refractivity contribution in [3.8, 4) is 0 Å². The van der Waals surface area contributed by atoms with Gasteiger partial charge in [-0.05, 0) is 26.2 Å². The third-order valence-electron chi connectivity index (χ3n) is 3.71. The number of hydrogen-bond donors (Lipinski definition) is 1. The van der Waals surface area contributed by atoms with Gasteiger partial charge in [0.2, 0.25) is 11.0 Å². The number of anilines is 1. The maximum absolute atomic E-state index is 12.8. The van der Waals surface area contributed by atoms with E-state index in [0.717, 1.165) is 19.3 Å². The Bertz CT molecular complexity index is 593. The van der Waals surface area contributed by atoms with Gasteiger partial charge in [-0.1, -0.05) is 35.1 Å². The molecule has 2 atom stereocenters. The van der Waals surface area contributed by atoms with E-state index in [2.05, 4.69) is 36.4 Å². The number of nitrogen functional groups attached to an aromatic ring is 1. The molecule has 2 N–H and O–H groups in total. The van der Waals surface area contributed by atoms with Crippen molar-refractivity contribution < 1.29 is 4.79 Å². The molecule has 0 fully saturated rings. The number of amides is 1. The van der Waals surface area contributed by atoms with Crippen molar-refractivity contribution in [2.24, 2.45) is 0 Å². The zero-order chi connectivity index (χ0) is 16.1. The number of hydrogen-bond acceptors (Lipinski definition) is 5. The first-order valence-electron chi connectivity index (χ1n) is 7.33. The molecule has 0 saturated carbocycles. The SMILES string of the molecule is C=CC[C@H]1CC(C)=C[C@H](CC=C)N1C(=O)Cc1nnc(N)s1. The summed E-state index contributed by atoms with van der Waals surface area (Å²) in [5.74, 6) is 0.0543. The van der Waals surface area contributed by atoms with E-state index in [-0.39, 0.29) is 24.4 Å². The number of carbonyl (C=O) groups is 1. The van der Waals surface area contributed by atoms with Gasteiger partial charge in [0.05, 0.1) is 12.5 Å². The van der Waals surface area contributed by atoms with Crippen molar-refractivity contribution in [3.63, 3.8) is 0 Å². The fourth-order valence-corrected chi connectivity index (χ4v) is 3.51. The van der Waals surface area contributed by atoms with Gasteiger partial charge in [0.25, 0.3) is 0 Å². The summed E-state index contributed by atoms with van der Waals surface area (Å²) >= 11 is 1.26. The maximum Gasteiger partial charge on any atom is 0.230 e. The summed E-state index contributed by atoms with van der Waals surface area (Å²) in [6.45, 7) is 9.74. The zero-order valence-electron chi connectivity index (χ0n) is 12.9. The molecule has 0 unspecified atom stereocenters. The minimum atomic E-state index is 0.0500. The van der Waals surface area contributed by atoms with Gasteiger partial charge in [0.1, 0.15) is 5.01 Å². The van der Waals surface area contributed by atoms with Crippen LogP contribution in [0.25, 0.3) is 0 Å². The van der Waals surface area contributed by atoms with Gasteiger partial charge in [0, 0.05) is 6.04 Å². The molecule has 1 aromatic heterocycles. The van der Waals surface area contributed by atoms with E-state index in [4.69, 9.17) is 5.73 Å². The van der Waals surface area contributed by atoms with Crippen LogP contribution in [0.2, 0.25) is 0 Å². The zero-order valence-corrected chi connectivity index (χ0v) is 13.7. The standard InChI is InChI=1S/C16H22N4OS/c1-4-6-12-8-11(3)9-13(7-5-2)20(12)15(21)10-14-18-19-16(17)22-14/h4-5,8,12-13H,1-2,6-7,9-10H2,3H3,(H2,17,19)/t12-,13-/m0/s1. The van der Waals surface area contributed by atoms with E-state index < -0.39 is 0 Å². The highest BCUT2D eigenvalue weighted by molar-refractivity contribution is 7.15. The van der Waals surface area contributed by atoms with Crippen molar-refractivity contribution in [1.82, 2.24) is 15.1 Å². The lowest BCUT2D eigenvalue weighted by Crippen LogP contribution is -2.49. The molecule has 118 valence electrons. The van der Waals surface area contributed by atoms with E-state index in [1.807, 2.05) is 17.1 Å². The summed E-state index contributed by atoms with van der Waals surface area (Å²) in [6.07, 6.45) is 8.53. The predicted molar refractivity (Wildman–Crippen MR) is 90.4 cm³/mol. The van der Waals surface area contributed by atoms with Crippen molar-refractivity contribution in [3.05, 3.63) is 42.0 Å². The topological polar surface area (TPSA) is 72.1 Å². The highest BCUT2D eigenvalue weighted by atomic mass is 32.1. The minimum Gasteiger partial charge on any atom is -0.374 e. The van der Waals surface area contributed by atoms with Crippen LogP contribution in [0.15, 0.2) is 37.0 Å². The van der Waals surface area contributed by atoms with Crippen LogP contribution in [0.4, 0.5) is 5.13 Å². The maximum atomic E-state index is 12.8. The Kier molecular flexibility index (Phi) is 5.49. The Hall–Kier alpha value is -1.95. The van der Waals surface area contributed by atoms with E-state index in [9.17, 15) is 4.79 Å². The molecule has 6 heteroatoms. The second-order valence-electron chi connectivity index (χ2n) is 5.50. The molecule has 1 aliphatic rings. The van der Waals surface area contributed by atoms with Gasteiger partial charge in [-0.2, -0.15) is 0 Å². The van der Waals surface area contributed by atoms with Crippen LogP contribution in [0, 0.1) is 0 Å². The molecule has 1 amide bonds. The number of nitrogens with zero attached hydrogens (tertiary/aromatic N) is 3. The van der Waals surface area contributed by atoms with Gasteiger partial charge in [-0.25, -0.2) is 0 Å². The first-order chi connectivity index (χ1) is 10.5. The van der Waals surface area contributed by atoms with Crippen LogP contribution in [-0.4, -0.2) is 33.1 Å². The van der Waals surface area contributed by atoms with Gasteiger partial charge in [-0.3, -0.25) is 4.79 Å². The average Bonchev–Trinajstić information content (AvgIpc) is 2.84. The van der Waals surface area contributed by atoms with Crippen LogP contribution >= 0.6 is 11.3 Å². The van der Waals surface area contributed by atoms with Gasteiger partial charge < -0.3 is 10.6 Å². The average molecular weight is 318 g/mol. The monoisotopic (exact) mass is 318 g/mol. The third kappa shape index (κ3) is 3.82. The molecule has 1 aromatic rings. The summed E-state index contributed by atoms with van der Waals surface area (Å²) in [5, 5.41) is 8.76. The summed E-state index contributed by atoms with van der Waals surface area (Å²) in [7, 11) is 0. The normalized spacial score (nSPS) is 21.3. The Labute approximate surface area is 135 Å². The van der Waals surface area contributed by atoms with Crippen molar-refractivity contribution in [2.45, 2.75) is 44.7 Å². The first-order valence-corrected chi connectivity index (χ1v) is 8.15. The smallest absolute Gasteiger partial charge is 0.230 e. The quantitative estimate of drug-likeness (QED) is 0.819. The third-order valence-corrected chi connectivity index (χ3v) is 4.46. The Morgan fingerprint density at radius 1 is 1.45 bits per heavy atom. The predicted octanol–water partition coefficient (Wildman–Crippen LogP) is 2.73. The van der Waals surface area contributed by atoms with E-state index in [0.29, 0.717) is 10.1 Å². The number of nitrogens with two attached hydrogens (primary N) is 1. The molecule has 0 spiro atoms. The molecule has 2 heterocycles. The molecule has 0 radical (unpaired) electrons. The molecule has 5 nitrogen and oxygen atoms in total. The molecule has 1 aliphatic heterocycles. The van der Waals surface area contributed by atoms with Crippen molar-refractivity contribution in [2.75, 3.05) is 5.73 Å². The second-order valence-corrected chi connectivity index (χ2v) is 6.59. The van der Waals surface area contributed by atoms with Crippen molar-refractivity contribution >= 4 is 22.4 Å². The summed E-state index contributed by atoms with van der Waals surface area (Å²) in [6, 6.07) is 0.194. The molecule has 0 bridgehead atoms. The Balaban J connectivity index is 2.22. The van der Waals surface area contributed by atoms with Crippen molar-refractivity contribution in [1.29, 1.82) is 0 Å².